The van der Waals surface area contributed by atoms with Crippen molar-refractivity contribution in [1.82, 2.24) is 0 Å². The van der Waals surface area contributed by atoms with Crippen molar-refractivity contribution in [1.29, 1.82) is 0 Å². The first-order valence-corrected chi connectivity index (χ1v) is 6.86. The molecule has 0 bridgehead atoms. The lowest BCUT2D eigenvalue weighted by Gasteiger charge is -2.07. The van der Waals surface area contributed by atoms with Gasteiger partial charge in [0, 0.05) is 11.6 Å². The number of halogens is 2. The molecular weight excluding hydrogens is 261 g/mol. The van der Waals surface area contributed by atoms with Gasteiger partial charge in [-0.3, -0.25) is 0 Å². The van der Waals surface area contributed by atoms with E-state index in [1.165, 1.54) is 11.6 Å². The van der Waals surface area contributed by atoms with Crippen LogP contribution < -0.4 is 5.32 Å². The van der Waals surface area contributed by atoms with E-state index in [-0.39, 0.29) is 5.82 Å². The standard InChI is InChI=1S/C16H17ClFN/c17-14-9-10-16(15(18)12-14)19-11-5-4-8-13-6-2-1-3-7-13/h1-3,6-7,9-10,12,19H,4-5,8,11H2. The fraction of sp³-hybridized carbons (Fsp3) is 0.250. The third kappa shape index (κ3) is 4.56. The van der Waals surface area contributed by atoms with Crippen molar-refractivity contribution in [3.63, 3.8) is 0 Å². The topological polar surface area (TPSA) is 12.0 Å². The highest BCUT2D eigenvalue weighted by atomic mass is 35.5. The fourth-order valence-corrected chi connectivity index (χ4v) is 2.11. The number of unbranched alkanes of at least 4 members (excludes halogenated alkanes) is 1. The quantitative estimate of drug-likeness (QED) is 0.740. The molecule has 0 saturated heterocycles. The monoisotopic (exact) mass is 277 g/mol. The maximum Gasteiger partial charge on any atom is 0.147 e. The smallest absolute Gasteiger partial charge is 0.147 e. The van der Waals surface area contributed by atoms with Gasteiger partial charge in [0.2, 0.25) is 0 Å². The second-order valence-corrected chi connectivity index (χ2v) is 4.93. The first-order chi connectivity index (χ1) is 9.25. The molecule has 100 valence electrons. The van der Waals surface area contributed by atoms with Crippen LogP contribution in [0.3, 0.4) is 0 Å². The van der Waals surface area contributed by atoms with Crippen molar-refractivity contribution in [3.8, 4) is 0 Å². The van der Waals surface area contributed by atoms with Gasteiger partial charge in [0.25, 0.3) is 0 Å². The second-order valence-electron chi connectivity index (χ2n) is 4.49. The van der Waals surface area contributed by atoms with E-state index in [0.29, 0.717) is 10.7 Å². The van der Waals surface area contributed by atoms with E-state index in [0.717, 1.165) is 25.8 Å². The highest BCUT2D eigenvalue weighted by Gasteiger charge is 2.01. The second kappa shape index (κ2) is 7.15. The van der Waals surface area contributed by atoms with Crippen LogP contribution in [0.2, 0.25) is 5.02 Å². The van der Waals surface area contributed by atoms with Crippen LogP contribution >= 0.6 is 11.6 Å². The molecule has 0 fully saturated rings. The Balaban J connectivity index is 1.69. The molecule has 2 aromatic carbocycles. The van der Waals surface area contributed by atoms with E-state index >= 15 is 0 Å². The van der Waals surface area contributed by atoms with Crippen LogP contribution in [0.4, 0.5) is 10.1 Å². The van der Waals surface area contributed by atoms with Crippen LogP contribution in [-0.2, 0) is 6.42 Å². The van der Waals surface area contributed by atoms with Crippen LogP contribution in [0.1, 0.15) is 18.4 Å². The highest BCUT2D eigenvalue weighted by Crippen LogP contribution is 2.18. The normalized spacial score (nSPS) is 10.4. The Hall–Kier alpha value is -1.54. The van der Waals surface area contributed by atoms with Crippen molar-refractivity contribution in [2.75, 3.05) is 11.9 Å². The summed E-state index contributed by atoms with van der Waals surface area (Å²) in [5.74, 6) is -0.296. The molecular formula is C16H17ClFN. The van der Waals surface area contributed by atoms with E-state index < -0.39 is 0 Å². The highest BCUT2D eigenvalue weighted by molar-refractivity contribution is 6.30. The van der Waals surface area contributed by atoms with Crippen molar-refractivity contribution in [2.24, 2.45) is 0 Å². The molecule has 0 atom stereocenters. The van der Waals surface area contributed by atoms with E-state index in [1.54, 1.807) is 12.1 Å². The fourth-order valence-electron chi connectivity index (χ4n) is 1.95. The van der Waals surface area contributed by atoms with Gasteiger partial charge in [0.1, 0.15) is 5.82 Å². The number of benzene rings is 2. The van der Waals surface area contributed by atoms with Gasteiger partial charge in [0.05, 0.1) is 5.69 Å². The summed E-state index contributed by atoms with van der Waals surface area (Å²) in [5, 5.41) is 3.52. The van der Waals surface area contributed by atoms with Gasteiger partial charge in [-0.25, -0.2) is 4.39 Å². The molecule has 2 rings (SSSR count). The molecule has 0 unspecified atom stereocenters. The summed E-state index contributed by atoms with van der Waals surface area (Å²) in [5.41, 5.74) is 1.87. The zero-order valence-corrected chi connectivity index (χ0v) is 11.5. The summed E-state index contributed by atoms with van der Waals surface area (Å²) in [7, 11) is 0. The van der Waals surface area contributed by atoms with Gasteiger partial charge in [0.15, 0.2) is 0 Å². The largest absolute Gasteiger partial charge is 0.383 e. The van der Waals surface area contributed by atoms with Gasteiger partial charge in [-0.1, -0.05) is 41.9 Å². The molecule has 0 aliphatic heterocycles. The van der Waals surface area contributed by atoms with Crippen molar-refractivity contribution >= 4 is 17.3 Å². The van der Waals surface area contributed by atoms with E-state index in [2.05, 4.69) is 29.6 Å². The molecule has 0 amide bonds. The minimum atomic E-state index is -0.296. The van der Waals surface area contributed by atoms with Crippen LogP contribution in [-0.4, -0.2) is 6.54 Å². The first-order valence-electron chi connectivity index (χ1n) is 6.48. The molecule has 1 nitrogen and oxygen atoms in total. The molecule has 0 radical (unpaired) electrons. The third-order valence-corrected chi connectivity index (χ3v) is 3.22. The zero-order valence-electron chi connectivity index (χ0n) is 10.7. The minimum absolute atomic E-state index is 0.296. The van der Waals surface area contributed by atoms with Gasteiger partial charge in [-0.15, -0.1) is 0 Å². The Morgan fingerprint density at radius 3 is 2.53 bits per heavy atom. The third-order valence-electron chi connectivity index (χ3n) is 2.98. The Morgan fingerprint density at radius 1 is 1.00 bits per heavy atom. The van der Waals surface area contributed by atoms with Gasteiger partial charge in [-0.2, -0.15) is 0 Å². The Kier molecular flexibility index (Phi) is 5.22. The maximum atomic E-state index is 13.5. The average molecular weight is 278 g/mol. The summed E-state index contributed by atoms with van der Waals surface area (Å²) < 4.78 is 13.5. The number of hydrogen-bond acceptors (Lipinski definition) is 1. The molecule has 0 aliphatic carbocycles. The maximum absolute atomic E-state index is 13.5. The lowest BCUT2D eigenvalue weighted by atomic mass is 10.1. The summed E-state index contributed by atoms with van der Waals surface area (Å²) in [6, 6.07) is 15.1. The number of rotatable bonds is 6. The van der Waals surface area contributed by atoms with Crippen molar-refractivity contribution in [2.45, 2.75) is 19.3 Å². The number of hydrogen-bond donors (Lipinski definition) is 1. The SMILES string of the molecule is Fc1cc(Cl)ccc1NCCCCc1ccccc1. The molecule has 3 heteroatoms. The van der Waals surface area contributed by atoms with Crippen LogP contribution in [0.5, 0.6) is 0 Å². The van der Waals surface area contributed by atoms with Crippen LogP contribution in [0, 0.1) is 5.82 Å². The molecule has 0 aromatic heterocycles. The number of anilines is 1. The van der Waals surface area contributed by atoms with Crippen molar-refractivity contribution < 1.29 is 4.39 Å². The Bertz CT molecular complexity index is 513. The average Bonchev–Trinajstić information content (AvgIpc) is 2.42. The van der Waals surface area contributed by atoms with Crippen LogP contribution in [0.25, 0.3) is 0 Å². The molecule has 0 spiro atoms. The van der Waals surface area contributed by atoms with Gasteiger partial charge < -0.3 is 5.32 Å². The Labute approximate surface area is 118 Å². The summed E-state index contributed by atoms with van der Waals surface area (Å²) in [6.07, 6.45) is 3.16. The lowest BCUT2D eigenvalue weighted by molar-refractivity contribution is 0.629. The Morgan fingerprint density at radius 2 is 1.79 bits per heavy atom. The predicted octanol–water partition coefficient (Wildman–Crippen LogP) is 4.91. The molecule has 1 N–H and O–H groups in total. The molecule has 0 heterocycles. The summed E-state index contributed by atoms with van der Waals surface area (Å²) in [4.78, 5) is 0. The zero-order chi connectivity index (χ0) is 13.5. The minimum Gasteiger partial charge on any atom is -0.383 e. The first kappa shape index (κ1) is 13.9. The predicted molar refractivity (Wildman–Crippen MR) is 79.3 cm³/mol. The number of nitrogens with one attached hydrogen (secondary N) is 1. The molecule has 2 aromatic rings. The van der Waals surface area contributed by atoms with Crippen LogP contribution in [0.15, 0.2) is 48.5 Å². The van der Waals surface area contributed by atoms with Gasteiger partial charge >= 0.3 is 0 Å². The summed E-state index contributed by atoms with van der Waals surface area (Å²) >= 11 is 5.70. The number of aryl methyl sites for hydroxylation is 1. The molecule has 19 heavy (non-hydrogen) atoms. The van der Waals surface area contributed by atoms with E-state index in [1.807, 2.05) is 6.07 Å². The lowest BCUT2D eigenvalue weighted by Crippen LogP contribution is -2.03. The van der Waals surface area contributed by atoms with Crippen molar-refractivity contribution in [3.05, 3.63) is 64.9 Å². The van der Waals surface area contributed by atoms with E-state index in [9.17, 15) is 4.39 Å². The van der Waals surface area contributed by atoms with Gasteiger partial charge in [-0.05, 0) is 43.0 Å². The molecule has 0 saturated carbocycles. The molecule has 0 aliphatic rings. The summed E-state index contributed by atoms with van der Waals surface area (Å²) in [6.45, 7) is 0.769. The van der Waals surface area contributed by atoms with E-state index in [4.69, 9.17) is 11.6 Å².